The van der Waals surface area contributed by atoms with Gasteiger partial charge in [0.2, 0.25) is 0 Å². The van der Waals surface area contributed by atoms with E-state index in [-0.39, 0.29) is 0 Å². The number of benzene rings is 1. The lowest BCUT2D eigenvalue weighted by atomic mass is 10.3. The van der Waals surface area contributed by atoms with Crippen LogP contribution in [0.3, 0.4) is 0 Å². The van der Waals surface area contributed by atoms with Crippen molar-refractivity contribution in [1.29, 1.82) is 0 Å². The summed E-state index contributed by atoms with van der Waals surface area (Å²) in [4.78, 5) is 0. The van der Waals surface area contributed by atoms with Crippen LogP contribution >= 0.6 is 0 Å². The van der Waals surface area contributed by atoms with Crippen molar-refractivity contribution >= 4 is 0 Å². The summed E-state index contributed by atoms with van der Waals surface area (Å²) in [5.41, 5.74) is 0.845. The van der Waals surface area contributed by atoms with Gasteiger partial charge in [0.1, 0.15) is 17.2 Å². The van der Waals surface area contributed by atoms with Crippen molar-refractivity contribution in [2.45, 2.75) is 54.1 Å². The highest BCUT2D eigenvalue weighted by atomic mass is 16.5. The second-order valence-electron chi connectivity index (χ2n) is 4.35. The zero-order valence-corrected chi connectivity index (χ0v) is 15.2. The smallest absolute Gasteiger partial charge is 0.134 e. The third-order valence-electron chi connectivity index (χ3n) is 2.62. The number of nitrogens with zero attached hydrogens (tertiary/aromatic N) is 1. The first-order chi connectivity index (χ1) is 11.3. The molecule has 130 valence electrons. The molecule has 4 heteroatoms. The van der Waals surface area contributed by atoms with Gasteiger partial charge in [-0.2, -0.15) is 0 Å². The molecule has 0 bridgehead atoms. The summed E-state index contributed by atoms with van der Waals surface area (Å²) >= 11 is 0. The van der Waals surface area contributed by atoms with E-state index in [0.29, 0.717) is 13.2 Å². The maximum absolute atomic E-state index is 5.59. The molecule has 0 atom stereocenters. The summed E-state index contributed by atoms with van der Waals surface area (Å²) < 4.78 is 16.1. The number of hydrogen-bond donors (Lipinski definition) is 0. The summed E-state index contributed by atoms with van der Waals surface area (Å²) in [7, 11) is 0. The number of rotatable bonds is 8. The average molecular weight is 321 g/mol. The normalized spacial score (nSPS) is 9.26. The molecule has 0 saturated carbocycles. The molecule has 0 aliphatic heterocycles. The van der Waals surface area contributed by atoms with Gasteiger partial charge in [-0.25, -0.2) is 0 Å². The lowest BCUT2D eigenvalue weighted by Crippen LogP contribution is -2.01. The number of para-hydroxylation sites is 1. The molecule has 0 radical (unpaired) electrons. The molecular weight excluding hydrogens is 290 g/mol. The zero-order chi connectivity index (χ0) is 17.3. The Morgan fingerprint density at radius 3 is 2.22 bits per heavy atom. The molecule has 0 N–H and O–H groups in total. The predicted octanol–water partition coefficient (Wildman–Crippen LogP) is 5.41. The molecule has 4 nitrogen and oxygen atoms in total. The predicted molar refractivity (Wildman–Crippen MR) is 94.8 cm³/mol. The average Bonchev–Trinajstić information content (AvgIpc) is 3.04. The fourth-order valence-electron chi connectivity index (χ4n) is 1.68. The van der Waals surface area contributed by atoms with Gasteiger partial charge in [0.25, 0.3) is 0 Å². The number of aryl methyl sites for hydroxylation is 1. The third-order valence-corrected chi connectivity index (χ3v) is 2.62. The Morgan fingerprint density at radius 1 is 0.957 bits per heavy atom. The van der Waals surface area contributed by atoms with Gasteiger partial charge in [0, 0.05) is 12.7 Å². The van der Waals surface area contributed by atoms with Crippen molar-refractivity contribution in [2.24, 2.45) is 0 Å². The van der Waals surface area contributed by atoms with E-state index in [1.807, 2.05) is 71.0 Å². The van der Waals surface area contributed by atoms with Crippen LogP contribution in [0.5, 0.6) is 5.75 Å². The van der Waals surface area contributed by atoms with E-state index >= 15 is 0 Å². The van der Waals surface area contributed by atoms with E-state index < -0.39 is 0 Å². The molecule has 1 aromatic heterocycles. The quantitative estimate of drug-likeness (QED) is 0.610. The van der Waals surface area contributed by atoms with Gasteiger partial charge in [-0.1, -0.05) is 51.1 Å². The fraction of sp³-hybridized carbons (Fsp3) is 0.526. The Hall–Kier alpha value is -1.81. The van der Waals surface area contributed by atoms with Gasteiger partial charge in [0.05, 0.1) is 13.2 Å². The number of hydrogen-bond acceptors (Lipinski definition) is 4. The summed E-state index contributed by atoms with van der Waals surface area (Å²) in [5.74, 6) is 1.73. The lowest BCUT2D eigenvalue weighted by Gasteiger charge is -2.05. The molecule has 1 heterocycles. The highest BCUT2D eigenvalue weighted by molar-refractivity contribution is 5.20. The molecule has 0 unspecified atom stereocenters. The largest absolute Gasteiger partial charge is 0.494 e. The minimum Gasteiger partial charge on any atom is -0.494 e. The van der Waals surface area contributed by atoms with Crippen LogP contribution in [0.25, 0.3) is 0 Å². The highest BCUT2D eigenvalue weighted by Crippen LogP contribution is 2.09. The summed E-state index contributed by atoms with van der Waals surface area (Å²) in [6, 6.07) is 11.7. The van der Waals surface area contributed by atoms with Gasteiger partial charge in [-0.05, 0) is 31.9 Å². The minimum absolute atomic E-state index is 0.511. The van der Waals surface area contributed by atoms with Crippen molar-refractivity contribution in [3.05, 3.63) is 47.9 Å². The molecule has 0 aliphatic carbocycles. The summed E-state index contributed by atoms with van der Waals surface area (Å²) in [6.07, 6.45) is 1.95. The number of ether oxygens (including phenoxy) is 2. The van der Waals surface area contributed by atoms with E-state index in [9.17, 15) is 0 Å². The van der Waals surface area contributed by atoms with Gasteiger partial charge in [0.15, 0.2) is 0 Å². The Balaban J connectivity index is 0.00000112. The van der Waals surface area contributed by atoms with Crippen LogP contribution in [0.1, 0.15) is 52.0 Å². The Bertz CT molecular complexity index is 468. The highest BCUT2D eigenvalue weighted by Gasteiger charge is 1.99. The van der Waals surface area contributed by atoms with E-state index in [4.69, 9.17) is 14.0 Å². The Kier molecular flexibility index (Phi) is 13.9. The molecule has 0 fully saturated rings. The molecule has 0 spiro atoms. The molecule has 23 heavy (non-hydrogen) atoms. The lowest BCUT2D eigenvalue weighted by molar-refractivity contribution is 0.109. The van der Waals surface area contributed by atoms with Gasteiger partial charge >= 0.3 is 0 Å². The first-order valence-electron chi connectivity index (χ1n) is 8.52. The van der Waals surface area contributed by atoms with Crippen molar-refractivity contribution < 1.29 is 14.0 Å². The van der Waals surface area contributed by atoms with Gasteiger partial charge in [-0.3, -0.25) is 0 Å². The maximum Gasteiger partial charge on any atom is 0.134 e. The second kappa shape index (κ2) is 15.1. The van der Waals surface area contributed by atoms with Crippen molar-refractivity contribution in [3.63, 3.8) is 0 Å². The number of aromatic nitrogens is 1. The first-order valence-corrected chi connectivity index (χ1v) is 8.52. The van der Waals surface area contributed by atoms with Crippen LogP contribution in [-0.2, 0) is 11.3 Å². The number of unbranched alkanes of at least 4 members (excludes halogenated alkanes) is 1. The molecule has 0 amide bonds. The first kappa shape index (κ1) is 21.2. The van der Waals surface area contributed by atoms with Gasteiger partial charge < -0.3 is 14.0 Å². The minimum atomic E-state index is 0.511. The SMILES string of the molecule is CC.CC.Cc1cc(COCCCCOc2ccccc2)no1. The second-order valence-corrected chi connectivity index (χ2v) is 4.35. The van der Waals surface area contributed by atoms with E-state index in [1.165, 1.54) is 0 Å². The Labute approximate surface area is 140 Å². The standard InChI is InChI=1S/C15H19NO3.2C2H6/c1-13-11-14(16-19-13)12-17-9-5-6-10-18-15-7-3-2-4-8-15;2*1-2/h2-4,7-8,11H,5-6,9-10,12H2,1H3;2*1-2H3. The van der Waals surface area contributed by atoms with E-state index in [1.54, 1.807) is 0 Å². The van der Waals surface area contributed by atoms with E-state index in [0.717, 1.165) is 36.7 Å². The molecule has 0 aliphatic rings. The van der Waals surface area contributed by atoms with Crippen LogP contribution in [0.4, 0.5) is 0 Å². The molecule has 2 aromatic rings. The van der Waals surface area contributed by atoms with Crippen LogP contribution in [-0.4, -0.2) is 18.4 Å². The molecule has 2 rings (SSSR count). The summed E-state index contributed by atoms with van der Waals surface area (Å²) in [5, 5.41) is 3.86. The van der Waals surface area contributed by atoms with Crippen LogP contribution in [0, 0.1) is 6.92 Å². The molecule has 1 aromatic carbocycles. The van der Waals surface area contributed by atoms with Crippen molar-refractivity contribution in [3.8, 4) is 5.75 Å². The van der Waals surface area contributed by atoms with Gasteiger partial charge in [-0.15, -0.1) is 0 Å². The molecule has 0 saturated heterocycles. The van der Waals surface area contributed by atoms with Crippen molar-refractivity contribution in [2.75, 3.05) is 13.2 Å². The zero-order valence-electron chi connectivity index (χ0n) is 15.2. The van der Waals surface area contributed by atoms with Crippen LogP contribution < -0.4 is 4.74 Å². The summed E-state index contributed by atoms with van der Waals surface area (Å²) in [6.45, 7) is 11.8. The maximum atomic E-state index is 5.59. The Morgan fingerprint density at radius 2 is 1.61 bits per heavy atom. The van der Waals surface area contributed by atoms with Crippen molar-refractivity contribution in [1.82, 2.24) is 5.16 Å². The fourth-order valence-corrected chi connectivity index (χ4v) is 1.68. The van der Waals surface area contributed by atoms with Crippen LogP contribution in [0.15, 0.2) is 40.9 Å². The molecular formula is C19H31NO3. The van der Waals surface area contributed by atoms with Crippen LogP contribution in [0.2, 0.25) is 0 Å². The monoisotopic (exact) mass is 321 g/mol. The van der Waals surface area contributed by atoms with E-state index in [2.05, 4.69) is 5.16 Å². The third kappa shape index (κ3) is 10.5. The topological polar surface area (TPSA) is 44.5 Å².